The van der Waals surface area contributed by atoms with E-state index < -0.39 is 10.8 Å². The molecule has 1 aliphatic rings. The molecule has 0 aliphatic carbocycles. The van der Waals surface area contributed by atoms with E-state index in [4.69, 9.17) is 4.52 Å². The second kappa shape index (κ2) is 6.64. The fourth-order valence-electron chi connectivity index (χ4n) is 2.19. The molecule has 126 valence electrons. The summed E-state index contributed by atoms with van der Waals surface area (Å²) in [4.78, 5) is 28.3. The van der Waals surface area contributed by atoms with Gasteiger partial charge in [0.2, 0.25) is 11.8 Å². The van der Waals surface area contributed by atoms with Gasteiger partial charge >= 0.3 is 0 Å². The first kappa shape index (κ1) is 16.5. The lowest BCUT2D eigenvalue weighted by molar-refractivity contribution is -0.129. The minimum Gasteiger partial charge on any atom is -0.347 e. The van der Waals surface area contributed by atoms with Gasteiger partial charge in [-0.1, -0.05) is 23.4 Å². The van der Waals surface area contributed by atoms with Crippen LogP contribution >= 0.6 is 11.8 Å². The summed E-state index contributed by atoms with van der Waals surface area (Å²) in [5, 5.41) is 9.32. The summed E-state index contributed by atoms with van der Waals surface area (Å²) in [6.07, 6.45) is 0. The minimum atomic E-state index is -0.545. The smallest absolute Gasteiger partial charge is 0.257 e. The Labute approximate surface area is 143 Å². The van der Waals surface area contributed by atoms with Crippen molar-refractivity contribution in [3.63, 3.8) is 0 Å². The van der Waals surface area contributed by atoms with Crippen LogP contribution in [0, 0.1) is 0 Å². The molecule has 0 saturated carbocycles. The third-order valence-corrected chi connectivity index (χ3v) is 5.10. The summed E-state index contributed by atoms with van der Waals surface area (Å²) in [6, 6.07) is 8.85. The Morgan fingerprint density at radius 1 is 1.42 bits per heavy atom. The molecule has 2 heterocycles. The van der Waals surface area contributed by atoms with Crippen molar-refractivity contribution in [3.05, 3.63) is 36.2 Å². The third kappa shape index (κ3) is 3.59. The van der Waals surface area contributed by atoms with Crippen molar-refractivity contribution in [2.24, 2.45) is 0 Å². The SMILES string of the molecule is CC1(C)SCC(C(=O)NCc2noc(-c3ccccc3)n2)NC1=O. The summed E-state index contributed by atoms with van der Waals surface area (Å²) in [6.45, 7) is 3.83. The Hall–Kier alpha value is -2.35. The number of thioether (sulfide) groups is 1. The van der Waals surface area contributed by atoms with Crippen LogP contribution in [0.2, 0.25) is 0 Å². The van der Waals surface area contributed by atoms with Crippen molar-refractivity contribution >= 4 is 23.6 Å². The van der Waals surface area contributed by atoms with Crippen LogP contribution in [-0.4, -0.2) is 38.5 Å². The second-order valence-corrected chi connectivity index (χ2v) is 7.59. The first-order valence-corrected chi connectivity index (χ1v) is 8.55. The van der Waals surface area contributed by atoms with Crippen molar-refractivity contribution in [1.82, 2.24) is 20.8 Å². The summed E-state index contributed by atoms with van der Waals surface area (Å²) >= 11 is 1.47. The van der Waals surface area contributed by atoms with Crippen LogP contribution in [0.3, 0.4) is 0 Å². The van der Waals surface area contributed by atoms with Crippen LogP contribution in [0.15, 0.2) is 34.9 Å². The molecule has 0 bridgehead atoms. The Morgan fingerprint density at radius 3 is 2.88 bits per heavy atom. The van der Waals surface area contributed by atoms with E-state index in [0.717, 1.165) is 5.56 Å². The lowest BCUT2D eigenvalue weighted by Crippen LogP contribution is -2.57. The number of nitrogens with one attached hydrogen (secondary N) is 2. The molecule has 0 radical (unpaired) electrons. The predicted molar refractivity (Wildman–Crippen MR) is 90.0 cm³/mol. The van der Waals surface area contributed by atoms with Gasteiger partial charge < -0.3 is 15.2 Å². The van der Waals surface area contributed by atoms with Crippen molar-refractivity contribution < 1.29 is 14.1 Å². The highest BCUT2D eigenvalue weighted by molar-refractivity contribution is 8.01. The quantitative estimate of drug-likeness (QED) is 0.868. The highest BCUT2D eigenvalue weighted by atomic mass is 32.2. The summed E-state index contributed by atoms with van der Waals surface area (Å²) < 4.78 is 4.68. The lowest BCUT2D eigenvalue weighted by atomic mass is 10.1. The number of hydrogen-bond acceptors (Lipinski definition) is 6. The molecule has 3 rings (SSSR count). The number of hydrogen-bond donors (Lipinski definition) is 2. The van der Waals surface area contributed by atoms with Crippen molar-refractivity contribution in [2.75, 3.05) is 5.75 Å². The van der Waals surface area contributed by atoms with Crippen LogP contribution in [0.1, 0.15) is 19.7 Å². The van der Waals surface area contributed by atoms with Gasteiger partial charge in [-0.2, -0.15) is 4.98 Å². The Bertz CT molecular complexity index is 745. The zero-order chi connectivity index (χ0) is 17.2. The zero-order valence-corrected chi connectivity index (χ0v) is 14.2. The van der Waals surface area contributed by atoms with Gasteiger partial charge in [-0.3, -0.25) is 9.59 Å². The van der Waals surface area contributed by atoms with E-state index in [9.17, 15) is 9.59 Å². The highest BCUT2D eigenvalue weighted by Gasteiger charge is 2.37. The van der Waals surface area contributed by atoms with Gasteiger partial charge in [0, 0.05) is 11.3 Å². The molecule has 1 aliphatic heterocycles. The standard InChI is InChI=1S/C16H18N4O3S/c1-16(2)15(22)18-11(9-24-16)13(21)17-8-12-19-14(23-20-12)10-6-4-3-5-7-10/h3-7,11H,8-9H2,1-2H3,(H,17,21)(H,18,22). The van der Waals surface area contributed by atoms with Crippen molar-refractivity contribution in [1.29, 1.82) is 0 Å². The summed E-state index contributed by atoms with van der Waals surface area (Å²) in [7, 11) is 0. The monoisotopic (exact) mass is 346 g/mol. The molecule has 1 fully saturated rings. The maximum absolute atomic E-state index is 12.2. The van der Waals surface area contributed by atoms with E-state index in [1.165, 1.54) is 11.8 Å². The lowest BCUT2D eigenvalue weighted by Gasteiger charge is -2.32. The molecule has 24 heavy (non-hydrogen) atoms. The predicted octanol–water partition coefficient (Wildman–Crippen LogP) is 1.36. The Morgan fingerprint density at radius 2 is 2.17 bits per heavy atom. The molecule has 2 amide bonds. The van der Waals surface area contributed by atoms with Crippen LogP contribution in [0.4, 0.5) is 0 Å². The number of aromatic nitrogens is 2. The van der Waals surface area contributed by atoms with Gasteiger partial charge in [0.1, 0.15) is 6.04 Å². The maximum atomic E-state index is 12.2. The van der Waals surface area contributed by atoms with Gasteiger partial charge in [-0.25, -0.2) is 0 Å². The van der Waals surface area contributed by atoms with E-state index in [-0.39, 0.29) is 18.4 Å². The van der Waals surface area contributed by atoms with E-state index >= 15 is 0 Å². The Balaban J connectivity index is 1.56. The summed E-state index contributed by atoms with van der Waals surface area (Å²) in [5.41, 5.74) is 0.820. The van der Waals surface area contributed by atoms with Crippen LogP contribution in [0.5, 0.6) is 0 Å². The van der Waals surface area contributed by atoms with Gasteiger partial charge in [-0.05, 0) is 26.0 Å². The molecule has 0 spiro atoms. The molecule has 1 aromatic carbocycles. The number of nitrogens with zero attached hydrogens (tertiary/aromatic N) is 2. The van der Waals surface area contributed by atoms with E-state index in [0.29, 0.717) is 17.5 Å². The highest BCUT2D eigenvalue weighted by Crippen LogP contribution is 2.29. The first-order valence-electron chi connectivity index (χ1n) is 7.56. The third-order valence-electron chi connectivity index (χ3n) is 3.69. The Kier molecular flexibility index (Phi) is 4.57. The molecule has 1 atom stereocenters. The fraction of sp³-hybridized carbons (Fsp3) is 0.375. The number of rotatable bonds is 4. The van der Waals surface area contributed by atoms with E-state index in [1.807, 2.05) is 44.2 Å². The second-order valence-electron chi connectivity index (χ2n) is 5.95. The molecular weight excluding hydrogens is 328 g/mol. The van der Waals surface area contributed by atoms with E-state index in [2.05, 4.69) is 20.8 Å². The molecule has 1 saturated heterocycles. The van der Waals surface area contributed by atoms with Crippen LogP contribution in [0.25, 0.3) is 11.5 Å². The maximum Gasteiger partial charge on any atom is 0.257 e. The molecule has 8 heteroatoms. The molecule has 1 unspecified atom stereocenters. The molecular formula is C16H18N4O3S. The largest absolute Gasteiger partial charge is 0.347 e. The average Bonchev–Trinajstić information content (AvgIpc) is 3.05. The minimum absolute atomic E-state index is 0.134. The topological polar surface area (TPSA) is 97.1 Å². The summed E-state index contributed by atoms with van der Waals surface area (Å²) in [5.74, 6) is 0.939. The normalized spacial score (nSPS) is 19.6. The molecule has 7 nitrogen and oxygen atoms in total. The van der Waals surface area contributed by atoms with E-state index in [1.54, 1.807) is 0 Å². The van der Waals surface area contributed by atoms with Crippen molar-refractivity contribution in [3.8, 4) is 11.5 Å². The number of carbonyl (C=O) groups excluding carboxylic acids is 2. The van der Waals surface area contributed by atoms with Gasteiger partial charge in [0.25, 0.3) is 5.89 Å². The van der Waals surface area contributed by atoms with Gasteiger partial charge in [0.05, 0.1) is 11.3 Å². The number of carbonyl (C=O) groups is 2. The fourth-order valence-corrected chi connectivity index (χ4v) is 3.19. The average molecular weight is 346 g/mol. The van der Waals surface area contributed by atoms with Crippen molar-refractivity contribution in [2.45, 2.75) is 31.2 Å². The van der Waals surface area contributed by atoms with Gasteiger partial charge in [0.15, 0.2) is 5.82 Å². The molecule has 2 aromatic rings. The van der Waals surface area contributed by atoms with Crippen LogP contribution < -0.4 is 10.6 Å². The number of benzene rings is 1. The molecule has 1 aromatic heterocycles. The molecule has 2 N–H and O–H groups in total. The van der Waals surface area contributed by atoms with Crippen LogP contribution in [-0.2, 0) is 16.1 Å². The first-order chi connectivity index (χ1) is 11.5. The number of amides is 2. The zero-order valence-electron chi connectivity index (χ0n) is 13.4. The van der Waals surface area contributed by atoms with Gasteiger partial charge in [-0.15, -0.1) is 11.8 Å².